The van der Waals surface area contributed by atoms with Crippen molar-refractivity contribution < 1.29 is 9.18 Å². The van der Waals surface area contributed by atoms with Crippen LogP contribution in [0.25, 0.3) is 0 Å². The Morgan fingerprint density at radius 1 is 1.33 bits per heavy atom. The zero-order valence-electron chi connectivity index (χ0n) is 9.58. The van der Waals surface area contributed by atoms with Crippen LogP contribution >= 0.6 is 15.9 Å². The lowest BCUT2D eigenvalue weighted by Crippen LogP contribution is -2.13. The van der Waals surface area contributed by atoms with Crippen LogP contribution in [0, 0.1) is 12.7 Å². The predicted molar refractivity (Wildman–Crippen MR) is 71.0 cm³/mol. The van der Waals surface area contributed by atoms with Crippen molar-refractivity contribution >= 4 is 27.5 Å². The zero-order valence-corrected chi connectivity index (χ0v) is 11.2. The Hall–Kier alpha value is -1.75. The minimum absolute atomic E-state index is 0.00710. The normalized spacial score (nSPS) is 10.2. The van der Waals surface area contributed by atoms with Crippen LogP contribution in [0.3, 0.4) is 0 Å². The second-order valence-corrected chi connectivity index (χ2v) is 4.68. The first kappa shape index (κ1) is 12.7. The lowest BCUT2D eigenvalue weighted by atomic mass is 10.2. The second kappa shape index (κ2) is 5.27. The smallest absolute Gasteiger partial charge is 0.258 e. The Morgan fingerprint density at radius 2 is 2.11 bits per heavy atom. The lowest BCUT2D eigenvalue weighted by Gasteiger charge is -2.06. The molecular formula is C13H10BrFN2O. The fourth-order valence-corrected chi connectivity index (χ4v) is 1.83. The van der Waals surface area contributed by atoms with Gasteiger partial charge in [-0.05, 0) is 37.3 Å². The highest BCUT2D eigenvalue weighted by atomic mass is 79.9. The highest BCUT2D eigenvalue weighted by Crippen LogP contribution is 2.17. The van der Waals surface area contributed by atoms with Gasteiger partial charge < -0.3 is 5.32 Å². The van der Waals surface area contributed by atoms with Gasteiger partial charge in [-0.3, -0.25) is 9.78 Å². The summed E-state index contributed by atoms with van der Waals surface area (Å²) in [4.78, 5) is 15.9. The summed E-state index contributed by atoms with van der Waals surface area (Å²) in [5.74, 6) is -1.04. The molecule has 3 nitrogen and oxygen atoms in total. The van der Waals surface area contributed by atoms with Gasteiger partial charge in [-0.15, -0.1) is 0 Å². The molecule has 0 bridgehead atoms. The third kappa shape index (κ3) is 2.92. The number of aromatic nitrogens is 1. The fourth-order valence-electron chi connectivity index (χ4n) is 1.50. The zero-order chi connectivity index (χ0) is 13.1. The molecule has 0 spiro atoms. The Labute approximate surface area is 112 Å². The van der Waals surface area contributed by atoms with Gasteiger partial charge in [0.05, 0.1) is 5.56 Å². The highest BCUT2D eigenvalue weighted by Gasteiger charge is 2.12. The van der Waals surface area contributed by atoms with E-state index in [1.807, 2.05) is 6.92 Å². The molecule has 5 heteroatoms. The van der Waals surface area contributed by atoms with Crippen molar-refractivity contribution in [1.29, 1.82) is 0 Å². The van der Waals surface area contributed by atoms with Crippen molar-refractivity contribution in [2.24, 2.45) is 0 Å². The fraction of sp³-hybridized carbons (Fsp3) is 0.0769. The maximum absolute atomic E-state index is 13.6. The Bertz CT molecular complexity index is 601. The summed E-state index contributed by atoms with van der Waals surface area (Å²) < 4.78 is 14.2. The van der Waals surface area contributed by atoms with E-state index in [1.54, 1.807) is 24.4 Å². The van der Waals surface area contributed by atoms with Gasteiger partial charge in [0.1, 0.15) is 5.82 Å². The number of rotatable bonds is 2. The van der Waals surface area contributed by atoms with E-state index in [9.17, 15) is 9.18 Å². The van der Waals surface area contributed by atoms with Gasteiger partial charge >= 0.3 is 0 Å². The van der Waals surface area contributed by atoms with Gasteiger partial charge in [0, 0.05) is 22.1 Å². The standard InChI is InChI=1S/C13H10BrFN2O/c1-8-6-10(4-5-16-8)17-13(18)11-3-2-9(14)7-12(11)15/h2-7H,1H3,(H,16,17,18). The number of anilines is 1. The highest BCUT2D eigenvalue weighted by molar-refractivity contribution is 9.10. The van der Waals surface area contributed by atoms with Crippen LogP contribution < -0.4 is 5.32 Å². The van der Waals surface area contributed by atoms with Crippen LogP contribution in [0.1, 0.15) is 16.1 Å². The molecule has 0 fully saturated rings. The third-order valence-electron chi connectivity index (χ3n) is 2.33. The van der Waals surface area contributed by atoms with Crippen LogP contribution in [0.5, 0.6) is 0 Å². The molecule has 0 atom stereocenters. The van der Waals surface area contributed by atoms with E-state index >= 15 is 0 Å². The first-order valence-electron chi connectivity index (χ1n) is 5.25. The number of aryl methyl sites for hydroxylation is 1. The number of benzene rings is 1. The van der Waals surface area contributed by atoms with Crippen molar-refractivity contribution in [3.05, 3.63) is 58.1 Å². The van der Waals surface area contributed by atoms with Crippen LogP contribution in [0.4, 0.5) is 10.1 Å². The molecule has 1 N–H and O–H groups in total. The van der Waals surface area contributed by atoms with E-state index in [2.05, 4.69) is 26.2 Å². The number of carbonyl (C=O) groups is 1. The Balaban J connectivity index is 2.22. The number of pyridine rings is 1. The monoisotopic (exact) mass is 308 g/mol. The van der Waals surface area contributed by atoms with E-state index < -0.39 is 11.7 Å². The van der Waals surface area contributed by atoms with Crippen molar-refractivity contribution in [2.45, 2.75) is 6.92 Å². The molecular weight excluding hydrogens is 299 g/mol. The van der Waals surface area contributed by atoms with Crippen LogP contribution in [-0.4, -0.2) is 10.9 Å². The second-order valence-electron chi connectivity index (χ2n) is 3.76. The maximum atomic E-state index is 13.6. The van der Waals surface area contributed by atoms with Crippen LogP contribution in [-0.2, 0) is 0 Å². The van der Waals surface area contributed by atoms with Gasteiger partial charge in [0.2, 0.25) is 0 Å². The van der Waals surface area contributed by atoms with Crippen LogP contribution in [0.15, 0.2) is 41.0 Å². The molecule has 18 heavy (non-hydrogen) atoms. The average Bonchev–Trinajstić information content (AvgIpc) is 2.28. The molecule has 0 unspecified atom stereocenters. The van der Waals surface area contributed by atoms with Crippen LogP contribution in [0.2, 0.25) is 0 Å². The van der Waals surface area contributed by atoms with E-state index in [-0.39, 0.29) is 5.56 Å². The molecule has 2 aromatic rings. The summed E-state index contributed by atoms with van der Waals surface area (Å²) in [6, 6.07) is 7.68. The quantitative estimate of drug-likeness (QED) is 0.922. The number of hydrogen-bond acceptors (Lipinski definition) is 2. The molecule has 0 saturated carbocycles. The van der Waals surface area contributed by atoms with Crippen molar-refractivity contribution in [3.8, 4) is 0 Å². The van der Waals surface area contributed by atoms with Gasteiger partial charge in [-0.2, -0.15) is 0 Å². The number of nitrogens with zero attached hydrogens (tertiary/aromatic N) is 1. The molecule has 0 saturated heterocycles. The molecule has 0 aliphatic carbocycles. The molecule has 1 aromatic carbocycles. The summed E-state index contributed by atoms with van der Waals surface area (Å²) in [5, 5.41) is 2.63. The molecule has 1 heterocycles. The lowest BCUT2D eigenvalue weighted by molar-refractivity contribution is 0.102. The Kier molecular flexibility index (Phi) is 3.72. The maximum Gasteiger partial charge on any atom is 0.258 e. The molecule has 0 aliphatic heterocycles. The summed E-state index contributed by atoms with van der Waals surface area (Å²) in [6.45, 7) is 1.82. The minimum Gasteiger partial charge on any atom is -0.322 e. The summed E-state index contributed by atoms with van der Waals surface area (Å²) >= 11 is 3.14. The first-order chi connectivity index (χ1) is 8.56. The SMILES string of the molecule is Cc1cc(NC(=O)c2ccc(Br)cc2F)ccn1. The number of hydrogen-bond donors (Lipinski definition) is 1. The number of amides is 1. The molecule has 1 amide bonds. The molecule has 2 rings (SSSR count). The van der Waals surface area contributed by atoms with Crippen molar-refractivity contribution in [3.63, 3.8) is 0 Å². The largest absolute Gasteiger partial charge is 0.322 e. The summed E-state index contributed by atoms with van der Waals surface area (Å²) in [6.07, 6.45) is 1.59. The molecule has 1 aromatic heterocycles. The number of halogens is 2. The third-order valence-corrected chi connectivity index (χ3v) is 2.82. The molecule has 92 valence electrons. The van der Waals surface area contributed by atoms with Gasteiger partial charge in [-0.25, -0.2) is 4.39 Å². The van der Waals surface area contributed by atoms with E-state index in [0.717, 1.165) is 5.69 Å². The minimum atomic E-state index is -0.562. The first-order valence-corrected chi connectivity index (χ1v) is 6.04. The molecule has 0 aliphatic rings. The average molecular weight is 309 g/mol. The van der Waals surface area contributed by atoms with Gasteiger partial charge in [0.25, 0.3) is 5.91 Å². The predicted octanol–water partition coefficient (Wildman–Crippen LogP) is 3.54. The van der Waals surface area contributed by atoms with Gasteiger partial charge in [0.15, 0.2) is 0 Å². The summed E-state index contributed by atoms with van der Waals surface area (Å²) in [5.41, 5.74) is 1.38. The summed E-state index contributed by atoms with van der Waals surface area (Å²) in [7, 11) is 0. The molecule has 0 radical (unpaired) electrons. The van der Waals surface area contributed by atoms with Crippen molar-refractivity contribution in [1.82, 2.24) is 4.98 Å². The van der Waals surface area contributed by atoms with E-state index in [0.29, 0.717) is 10.2 Å². The van der Waals surface area contributed by atoms with Crippen molar-refractivity contribution in [2.75, 3.05) is 5.32 Å². The van der Waals surface area contributed by atoms with Gasteiger partial charge in [-0.1, -0.05) is 15.9 Å². The number of nitrogens with one attached hydrogen (secondary N) is 1. The van der Waals surface area contributed by atoms with E-state index in [4.69, 9.17) is 0 Å². The topological polar surface area (TPSA) is 42.0 Å². The Morgan fingerprint density at radius 3 is 2.78 bits per heavy atom. The number of carbonyl (C=O) groups excluding carboxylic acids is 1. The van der Waals surface area contributed by atoms with E-state index in [1.165, 1.54) is 12.1 Å².